The molecule has 0 unspecified atom stereocenters. The Kier molecular flexibility index (Phi) is 3.86. The molecule has 0 saturated heterocycles. The fraction of sp³-hybridized carbons (Fsp3) is 0.333. The molecule has 2 rings (SSSR count). The molecule has 0 spiro atoms. The summed E-state index contributed by atoms with van der Waals surface area (Å²) in [6.07, 6.45) is 2.21. The van der Waals surface area contributed by atoms with Crippen molar-refractivity contribution in [3.8, 4) is 11.1 Å². The topological polar surface area (TPSA) is 0 Å². The molecule has 2 aromatic rings. The van der Waals surface area contributed by atoms with E-state index >= 15 is 0 Å². The minimum absolute atomic E-state index is 1.10. The predicted octanol–water partition coefficient (Wildman–Crippen LogP) is 5.10. The van der Waals surface area contributed by atoms with Crippen LogP contribution in [-0.4, -0.2) is 0 Å². The van der Waals surface area contributed by atoms with E-state index in [-0.39, 0.29) is 0 Å². The molecule has 0 heteroatoms. The number of aryl methyl sites for hydroxylation is 2. The second kappa shape index (κ2) is 5.39. The van der Waals surface area contributed by atoms with Gasteiger partial charge in [-0.3, -0.25) is 0 Å². The van der Waals surface area contributed by atoms with Crippen LogP contribution in [0.3, 0.4) is 0 Å². The third-order valence-corrected chi connectivity index (χ3v) is 3.94. The quantitative estimate of drug-likeness (QED) is 0.698. The third kappa shape index (κ3) is 2.20. The Bertz CT molecular complexity index is 498. The molecular formula is C18H22. The average Bonchev–Trinajstić information content (AvgIpc) is 2.40. The maximum atomic E-state index is 2.25. The molecule has 0 aliphatic carbocycles. The molecule has 0 radical (unpaired) electrons. The highest BCUT2D eigenvalue weighted by Gasteiger charge is 2.09. The van der Waals surface area contributed by atoms with Gasteiger partial charge in [0.2, 0.25) is 0 Å². The van der Waals surface area contributed by atoms with Crippen molar-refractivity contribution in [1.29, 1.82) is 0 Å². The molecule has 18 heavy (non-hydrogen) atoms. The largest absolute Gasteiger partial charge is 0.0614 e. The monoisotopic (exact) mass is 238 g/mol. The van der Waals surface area contributed by atoms with Gasteiger partial charge in [-0.05, 0) is 60.1 Å². The van der Waals surface area contributed by atoms with Crippen LogP contribution in [0, 0.1) is 13.8 Å². The maximum Gasteiger partial charge on any atom is -0.0149 e. The second-order valence-corrected chi connectivity index (χ2v) is 4.89. The summed E-state index contributed by atoms with van der Waals surface area (Å²) in [6, 6.07) is 13.3. The molecule has 94 valence electrons. The molecule has 0 fully saturated rings. The molecule has 0 N–H and O–H groups in total. The van der Waals surface area contributed by atoms with Crippen LogP contribution in [0.1, 0.15) is 36.1 Å². The van der Waals surface area contributed by atoms with Gasteiger partial charge in [-0.2, -0.15) is 0 Å². The van der Waals surface area contributed by atoms with Crippen molar-refractivity contribution in [1.82, 2.24) is 0 Å². The van der Waals surface area contributed by atoms with Crippen LogP contribution in [0.2, 0.25) is 0 Å². The van der Waals surface area contributed by atoms with E-state index in [4.69, 9.17) is 0 Å². The van der Waals surface area contributed by atoms with Crippen molar-refractivity contribution >= 4 is 0 Å². The van der Waals surface area contributed by atoms with Crippen LogP contribution >= 0.6 is 0 Å². The van der Waals surface area contributed by atoms with E-state index in [1.54, 1.807) is 0 Å². The normalized spacial score (nSPS) is 10.7. The van der Waals surface area contributed by atoms with Gasteiger partial charge in [0, 0.05) is 0 Å². The highest BCUT2D eigenvalue weighted by Crippen LogP contribution is 2.30. The van der Waals surface area contributed by atoms with Gasteiger partial charge in [-0.1, -0.05) is 50.2 Å². The first-order valence-electron chi connectivity index (χ1n) is 6.86. The zero-order chi connectivity index (χ0) is 13.1. The Labute approximate surface area is 111 Å². The lowest BCUT2D eigenvalue weighted by Crippen LogP contribution is -1.95. The molecule has 0 saturated carbocycles. The van der Waals surface area contributed by atoms with Crippen LogP contribution in [0.4, 0.5) is 0 Å². The fourth-order valence-electron chi connectivity index (χ4n) is 2.72. The van der Waals surface area contributed by atoms with Crippen molar-refractivity contribution in [2.75, 3.05) is 0 Å². The van der Waals surface area contributed by atoms with Crippen molar-refractivity contribution in [3.63, 3.8) is 0 Å². The summed E-state index contributed by atoms with van der Waals surface area (Å²) in [6.45, 7) is 8.93. The van der Waals surface area contributed by atoms with E-state index in [2.05, 4.69) is 64.1 Å². The van der Waals surface area contributed by atoms with Gasteiger partial charge >= 0.3 is 0 Å². The first-order valence-corrected chi connectivity index (χ1v) is 6.86. The van der Waals surface area contributed by atoms with E-state index in [1.165, 1.54) is 33.4 Å². The molecular weight excluding hydrogens is 216 g/mol. The minimum Gasteiger partial charge on any atom is -0.0614 e. The molecule has 0 amide bonds. The van der Waals surface area contributed by atoms with Crippen molar-refractivity contribution in [2.45, 2.75) is 40.5 Å². The van der Waals surface area contributed by atoms with Crippen LogP contribution in [0.15, 0.2) is 36.4 Å². The van der Waals surface area contributed by atoms with E-state index in [1.807, 2.05) is 0 Å². The van der Waals surface area contributed by atoms with Gasteiger partial charge < -0.3 is 0 Å². The first-order chi connectivity index (χ1) is 8.69. The molecule has 2 aromatic carbocycles. The molecule has 0 heterocycles. The number of hydrogen-bond acceptors (Lipinski definition) is 0. The van der Waals surface area contributed by atoms with Gasteiger partial charge in [0.25, 0.3) is 0 Å². The van der Waals surface area contributed by atoms with Gasteiger partial charge in [-0.25, -0.2) is 0 Å². The zero-order valence-electron chi connectivity index (χ0n) is 11.9. The van der Waals surface area contributed by atoms with Gasteiger partial charge in [-0.15, -0.1) is 0 Å². The van der Waals surface area contributed by atoms with Crippen LogP contribution in [0.25, 0.3) is 11.1 Å². The van der Waals surface area contributed by atoms with Gasteiger partial charge in [0.15, 0.2) is 0 Å². The summed E-state index contributed by atoms with van der Waals surface area (Å²) in [5, 5.41) is 0. The summed E-state index contributed by atoms with van der Waals surface area (Å²) < 4.78 is 0. The highest BCUT2D eigenvalue weighted by atomic mass is 14.1. The molecule has 0 nitrogen and oxygen atoms in total. The summed E-state index contributed by atoms with van der Waals surface area (Å²) in [5.74, 6) is 0. The SMILES string of the molecule is CCc1cccc(-c2cccc(CC)c2C)c1C. The molecule has 0 aliphatic rings. The molecule has 0 aliphatic heterocycles. The summed E-state index contributed by atoms with van der Waals surface area (Å²) in [5.41, 5.74) is 8.54. The molecule has 0 aromatic heterocycles. The Balaban J connectivity index is 2.62. The van der Waals surface area contributed by atoms with Crippen LogP contribution in [0.5, 0.6) is 0 Å². The van der Waals surface area contributed by atoms with Gasteiger partial charge in [0.1, 0.15) is 0 Å². The van der Waals surface area contributed by atoms with Crippen molar-refractivity contribution in [3.05, 3.63) is 58.7 Å². The smallest absolute Gasteiger partial charge is 0.0149 e. The first kappa shape index (κ1) is 12.9. The molecule has 0 atom stereocenters. The van der Waals surface area contributed by atoms with Gasteiger partial charge in [0.05, 0.1) is 0 Å². The Morgan fingerprint density at radius 3 is 1.39 bits per heavy atom. The minimum atomic E-state index is 1.10. The van der Waals surface area contributed by atoms with E-state index < -0.39 is 0 Å². The van der Waals surface area contributed by atoms with E-state index in [9.17, 15) is 0 Å². The van der Waals surface area contributed by atoms with E-state index in [0.29, 0.717) is 0 Å². The van der Waals surface area contributed by atoms with Crippen LogP contribution < -0.4 is 0 Å². The Morgan fingerprint density at radius 1 is 0.667 bits per heavy atom. The number of rotatable bonds is 3. The Hall–Kier alpha value is -1.56. The Morgan fingerprint density at radius 2 is 1.06 bits per heavy atom. The number of benzene rings is 2. The fourth-order valence-corrected chi connectivity index (χ4v) is 2.72. The van der Waals surface area contributed by atoms with Crippen molar-refractivity contribution < 1.29 is 0 Å². The lowest BCUT2D eigenvalue weighted by atomic mass is 9.90. The summed E-state index contributed by atoms with van der Waals surface area (Å²) >= 11 is 0. The second-order valence-electron chi connectivity index (χ2n) is 4.89. The summed E-state index contributed by atoms with van der Waals surface area (Å²) in [7, 11) is 0. The zero-order valence-corrected chi connectivity index (χ0v) is 11.9. The lowest BCUT2D eigenvalue weighted by Gasteiger charge is -2.14. The standard InChI is InChI=1S/C18H22/c1-5-15-9-7-11-17(13(15)3)18-12-8-10-16(6-2)14(18)4/h7-12H,5-6H2,1-4H3. The van der Waals surface area contributed by atoms with Crippen molar-refractivity contribution in [2.24, 2.45) is 0 Å². The molecule has 0 bridgehead atoms. The third-order valence-electron chi connectivity index (χ3n) is 3.94. The highest BCUT2D eigenvalue weighted by molar-refractivity contribution is 5.72. The van der Waals surface area contributed by atoms with Crippen LogP contribution in [-0.2, 0) is 12.8 Å². The average molecular weight is 238 g/mol. The predicted molar refractivity (Wildman–Crippen MR) is 80.1 cm³/mol. The van der Waals surface area contributed by atoms with E-state index in [0.717, 1.165) is 12.8 Å². The lowest BCUT2D eigenvalue weighted by molar-refractivity contribution is 1.10. The number of hydrogen-bond donors (Lipinski definition) is 0. The summed E-state index contributed by atoms with van der Waals surface area (Å²) in [4.78, 5) is 0. The maximum absolute atomic E-state index is 2.25.